The van der Waals surface area contributed by atoms with Crippen molar-refractivity contribution in [2.24, 2.45) is 0 Å². The summed E-state index contributed by atoms with van der Waals surface area (Å²) in [5.41, 5.74) is 0. The lowest BCUT2D eigenvalue weighted by atomic mass is 10.4. The van der Waals surface area contributed by atoms with Gasteiger partial charge in [0.25, 0.3) is 11.9 Å². The van der Waals surface area contributed by atoms with Gasteiger partial charge in [-0.05, 0) is 41.5 Å². The average Bonchev–Trinajstić information content (AvgIpc) is 2.59. The normalized spacial score (nSPS) is 12.7. The Balaban J connectivity index is 4.35. The van der Waals surface area contributed by atoms with Crippen LogP contribution in [0, 0.1) is 0 Å². The van der Waals surface area contributed by atoms with Gasteiger partial charge in [-0.1, -0.05) is 21.6 Å². The largest absolute Gasteiger partial charge is 0.328 e. The third-order valence-electron chi connectivity index (χ3n) is 3.25. The maximum Gasteiger partial charge on any atom is 0.283 e. The lowest BCUT2D eigenvalue weighted by Crippen LogP contribution is -2.40. The molecule has 0 saturated heterocycles. The molecule has 8 heteroatoms. The van der Waals surface area contributed by atoms with Crippen molar-refractivity contribution >= 4 is 21.6 Å². The molecule has 0 amide bonds. The van der Waals surface area contributed by atoms with E-state index in [1.165, 1.54) is 0 Å². The Hall–Kier alpha value is 0.460. The van der Waals surface area contributed by atoms with Gasteiger partial charge in [-0.3, -0.25) is 0 Å². The zero-order chi connectivity index (χ0) is 19.7. The monoisotopic (exact) mass is 414 g/mol. The molecule has 0 rings (SSSR count). The molecule has 0 fully saturated rings. The van der Waals surface area contributed by atoms with Gasteiger partial charge in [0.2, 0.25) is 0 Å². The fourth-order valence-electron chi connectivity index (χ4n) is 2.45. The topological polar surface area (TPSA) is 55.4 Å². The number of hydrogen-bond donors (Lipinski definition) is 0. The summed E-state index contributed by atoms with van der Waals surface area (Å²) >= 11 is 0. The fourth-order valence-corrected chi connectivity index (χ4v) is 4.56. The predicted octanol–water partition coefficient (Wildman–Crippen LogP) is 4.67. The summed E-state index contributed by atoms with van der Waals surface area (Å²) in [4.78, 5) is 0. The molecule has 26 heavy (non-hydrogen) atoms. The van der Waals surface area contributed by atoms with Gasteiger partial charge in [0.05, 0.1) is 0 Å². The SMILES string of the molecule is CCOC(CCSSCCC(OCC)(OCC)OCC)(OCC)OCC. The van der Waals surface area contributed by atoms with E-state index >= 15 is 0 Å². The minimum absolute atomic E-state index is 0.553. The summed E-state index contributed by atoms with van der Waals surface area (Å²) in [6.07, 6.45) is 1.35. The van der Waals surface area contributed by atoms with E-state index in [2.05, 4.69) is 0 Å². The molecule has 0 heterocycles. The first kappa shape index (κ1) is 26.5. The predicted molar refractivity (Wildman–Crippen MR) is 109 cm³/mol. The lowest BCUT2D eigenvalue weighted by Gasteiger charge is -2.32. The summed E-state index contributed by atoms with van der Waals surface area (Å²) in [5.74, 6) is -0.153. The first-order valence-corrected chi connectivity index (χ1v) is 12.1. The molecule has 0 bridgehead atoms. The van der Waals surface area contributed by atoms with Crippen LogP contribution in [0.5, 0.6) is 0 Å². The first-order valence-electron chi connectivity index (χ1n) is 9.65. The van der Waals surface area contributed by atoms with Crippen molar-refractivity contribution in [2.45, 2.75) is 66.3 Å². The van der Waals surface area contributed by atoms with Gasteiger partial charge < -0.3 is 28.4 Å². The Morgan fingerprint density at radius 1 is 0.462 bits per heavy atom. The minimum atomic E-state index is -0.933. The maximum atomic E-state index is 5.74. The molecule has 6 nitrogen and oxygen atoms in total. The molecule has 0 aliphatic carbocycles. The van der Waals surface area contributed by atoms with Crippen LogP contribution in [-0.4, -0.2) is 63.1 Å². The standard InChI is InChI=1S/C18H38O6S2/c1-7-19-17(20-8-2,21-9-3)13-15-25-26-16-14-18(22-10-4,23-11-5)24-12-6/h7-16H2,1-6H3. The third-order valence-corrected chi connectivity index (χ3v) is 5.66. The molecule has 0 saturated carbocycles. The van der Waals surface area contributed by atoms with Crippen LogP contribution in [0.4, 0.5) is 0 Å². The summed E-state index contributed by atoms with van der Waals surface area (Å²) in [7, 11) is 3.53. The van der Waals surface area contributed by atoms with Crippen molar-refractivity contribution in [1.29, 1.82) is 0 Å². The molecule has 0 aliphatic heterocycles. The van der Waals surface area contributed by atoms with Crippen LogP contribution in [0.1, 0.15) is 54.4 Å². The molecule has 0 aromatic heterocycles. The highest BCUT2D eigenvalue weighted by Gasteiger charge is 2.33. The molecule has 0 spiro atoms. The molecular weight excluding hydrogens is 376 g/mol. The van der Waals surface area contributed by atoms with Gasteiger partial charge in [-0.15, -0.1) is 0 Å². The van der Waals surface area contributed by atoms with E-state index in [-0.39, 0.29) is 0 Å². The highest BCUT2D eigenvalue weighted by Crippen LogP contribution is 2.31. The summed E-state index contributed by atoms with van der Waals surface area (Å²) in [6.45, 7) is 15.0. The van der Waals surface area contributed by atoms with Crippen molar-refractivity contribution in [1.82, 2.24) is 0 Å². The van der Waals surface area contributed by atoms with Crippen molar-refractivity contribution in [3.05, 3.63) is 0 Å². The van der Waals surface area contributed by atoms with Crippen LogP contribution in [0.25, 0.3) is 0 Å². The Bertz CT molecular complexity index is 256. The zero-order valence-electron chi connectivity index (χ0n) is 17.3. The summed E-state index contributed by atoms with van der Waals surface area (Å²) in [5, 5.41) is 0. The zero-order valence-corrected chi connectivity index (χ0v) is 19.0. The Labute approximate surface area is 167 Å². The number of ether oxygens (including phenoxy) is 6. The quantitative estimate of drug-likeness (QED) is 0.172. The van der Waals surface area contributed by atoms with Crippen LogP contribution < -0.4 is 0 Å². The molecule has 0 aromatic carbocycles. The van der Waals surface area contributed by atoms with Gasteiger partial charge in [-0.2, -0.15) is 0 Å². The Morgan fingerprint density at radius 3 is 0.885 bits per heavy atom. The molecule has 0 radical (unpaired) electrons. The van der Waals surface area contributed by atoms with Gasteiger partial charge in [0.15, 0.2) is 0 Å². The molecule has 0 N–H and O–H groups in total. The molecule has 0 aromatic rings. The second-order valence-corrected chi connectivity index (χ2v) is 7.81. The van der Waals surface area contributed by atoms with Crippen molar-refractivity contribution in [3.63, 3.8) is 0 Å². The first-order chi connectivity index (χ1) is 12.6. The molecular formula is C18H38O6S2. The van der Waals surface area contributed by atoms with Crippen LogP contribution in [0.15, 0.2) is 0 Å². The average molecular weight is 415 g/mol. The smallest absolute Gasteiger partial charge is 0.283 e. The van der Waals surface area contributed by atoms with Crippen molar-refractivity contribution < 1.29 is 28.4 Å². The van der Waals surface area contributed by atoms with E-state index in [1.54, 1.807) is 21.6 Å². The van der Waals surface area contributed by atoms with E-state index in [4.69, 9.17) is 28.4 Å². The number of hydrogen-bond acceptors (Lipinski definition) is 8. The van der Waals surface area contributed by atoms with Crippen LogP contribution in [-0.2, 0) is 28.4 Å². The van der Waals surface area contributed by atoms with E-state index < -0.39 is 11.9 Å². The highest BCUT2D eigenvalue weighted by atomic mass is 33.1. The molecule has 0 aliphatic rings. The van der Waals surface area contributed by atoms with Gasteiger partial charge in [-0.25, -0.2) is 0 Å². The van der Waals surface area contributed by atoms with Gasteiger partial charge in [0, 0.05) is 64.0 Å². The second kappa shape index (κ2) is 16.4. The Kier molecular flexibility index (Phi) is 16.7. The van der Waals surface area contributed by atoms with Crippen LogP contribution in [0.3, 0.4) is 0 Å². The van der Waals surface area contributed by atoms with Crippen LogP contribution in [0.2, 0.25) is 0 Å². The van der Waals surface area contributed by atoms with Crippen molar-refractivity contribution in [3.8, 4) is 0 Å². The fraction of sp³-hybridized carbons (Fsp3) is 1.00. The second-order valence-electron chi connectivity index (χ2n) is 5.11. The summed E-state index contributed by atoms with van der Waals surface area (Å²) in [6, 6.07) is 0. The third kappa shape index (κ3) is 10.7. The highest BCUT2D eigenvalue weighted by molar-refractivity contribution is 8.76. The van der Waals surface area contributed by atoms with E-state index in [0.717, 1.165) is 11.5 Å². The van der Waals surface area contributed by atoms with Crippen molar-refractivity contribution in [2.75, 3.05) is 51.1 Å². The van der Waals surface area contributed by atoms with E-state index in [1.807, 2.05) is 41.5 Å². The molecule has 0 unspecified atom stereocenters. The van der Waals surface area contributed by atoms with E-state index in [9.17, 15) is 0 Å². The molecule has 158 valence electrons. The van der Waals surface area contributed by atoms with Gasteiger partial charge >= 0.3 is 0 Å². The summed E-state index contributed by atoms with van der Waals surface area (Å²) < 4.78 is 34.4. The minimum Gasteiger partial charge on any atom is -0.328 e. The van der Waals surface area contributed by atoms with Crippen LogP contribution >= 0.6 is 21.6 Å². The Morgan fingerprint density at radius 2 is 0.692 bits per heavy atom. The maximum absolute atomic E-state index is 5.74. The van der Waals surface area contributed by atoms with E-state index in [0.29, 0.717) is 52.5 Å². The lowest BCUT2D eigenvalue weighted by molar-refractivity contribution is -0.377. The number of rotatable bonds is 19. The van der Waals surface area contributed by atoms with Gasteiger partial charge in [0.1, 0.15) is 0 Å². The molecule has 0 atom stereocenters.